The first kappa shape index (κ1) is 16.0. The summed E-state index contributed by atoms with van der Waals surface area (Å²) < 4.78 is 21.7. The van der Waals surface area contributed by atoms with Gasteiger partial charge in [-0.15, -0.1) is 0 Å². The third kappa shape index (κ3) is 2.67. The van der Waals surface area contributed by atoms with E-state index in [-0.39, 0.29) is 11.4 Å². The van der Waals surface area contributed by atoms with Gasteiger partial charge in [-0.05, 0) is 24.3 Å². The minimum atomic E-state index is -0.287. The van der Waals surface area contributed by atoms with Gasteiger partial charge in [0.2, 0.25) is 0 Å². The van der Waals surface area contributed by atoms with Crippen LogP contribution in [0, 0.1) is 5.82 Å². The Morgan fingerprint density at radius 1 is 1.07 bits per heavy atom. The molecule has 3 heterocycles. The molecule has 1 aliphatic heterocycles. The molecular formula is C20H17FN4O2. The molecule has 0 aliphatic carbocycles. The first-order valence-electron chi connectivity index (χ1n) is 8.84. The topological polar surface area (TPSA) is 62.6 Å². The molecule has 1 N–H and O–H groups in total. The fourth-order valence-electron chi connectivity index (χ4n) is 3.56. The van der Waals surface area contributed by atoms with Crippen molar-refractivity contribution in [3.63, 3.8) is 0 Å². The number of aromatic amines is 1. The van der Waals surface area contributed by atoms with Gasteiger partial charge in [-0.1, -0.05) is 18.2 Å². The molecule has 2 aromatic heterocycles. The summed E-state index contributed by atoms with van der Waals surface area (Å²) in [5.74, 6) is -0.287. The highest BCUT2D eigenvalue weighted by molar-refractivity contribution is 5.81. The number of aromatic nitrogens is 3. The molecule has 5 rings (SSSR count). The minimum absolute atomic E-state index is 0.168. The maximum Gasteiger partial charge on any atom is 0.259 e. The van der Waals surface area contributed by atoms with Crippen LogP contribution in [0.4, 0.5) is 10.1 Å². The third-order valence-corrected chi connectivity index (χ3v) is 4.92. The molecule has 7 heteroatoms. The summed E-state index contributed by atoms with van der Waals surface area (Å²) in [6.07, 6.45) is 0. The molecular weight excluding hydrogens is 347 g/mol. The van der Waals surface area contributed by atoms with Crippen molar-refractivity contribution >= 4 is 22.2 Å². The van der Waals surface area contributed by atoms with Crippen LogP contribution in [0.2, 0.25) is 0 Å². The van der Waals surface area contributed by atoms with E-state index in [0.717, 1.165) is 0 Å². The fraction of sp³-hybridized carbons (Fsp3) is 0.200. The Hall–Kier alpha value is -3.19. The number of para-hydroxylation sites is 1. The summed E-state index contributed by atoms with van der Waals surface area (Å²) in [7, 11) is 0. The summed E-state index contributed by atoms with van der Waals surface area (Å²) in [4.78, 5) is 17.1. The van der Waals surface area contributed by atoms with Crippen molar-refractivity contribution in [3.8, 4) is 11.3 Å². The average molecular weight is 364 g/mol. The summed E-state index contributed by atoms with van der Waals surface area (Å²) in [5.41, 5.74) is 2.97. The Kier molecular flexibility index (Phi) is 3.68. The number of halogens is 1. The van der Waals surface area contributed by atoms with E-state index in [0.29, 0.717) is 59.8 Å². The van der Waals surface area contributed by atoms with Crippen LogP contribution in [-0.2, 0) is 4.74 Å². The number of anilines is 1. The molecule has 6 nitrogen and oxygen atoms in total. The van der Waals surface area contributed by atoms with Gasteiger partial charge in [0, 0.05) is 24.7 Å². The van der Waals surface area contributed by atoms with E-state index < -0.39 is 0 Å². The second kappa shape index (κ2) is 6.21. The Labute approximate surface area is 153 Å². The molecule has 0 spiro atoms. The predicted octanol–water partition coefficient (Wildman–Crippen LogP) is 2.82. The van der Waals surface area contributed by atoms with Crippen molar-refractivity contribution in [1.82, 2.24) is 14.6 Å². The lowest BCUT2D eigenvalue weighted by Crippen LogP contribution is -2.36. The largest absolute Gasteiger partial charge is 0.378 e. The number of H-pyrrole nitrogens is 1. The van der Waals surface area contributed by atoms with Gasteiger partial charge in [-0.25, -0.2) is 8.91 Å². The zero-order valence-corrected chi connectivity index (χ0v) is 14.5. The smallest absolute Gasteiger partial charge is 0.259 e. The van der Waals surface area contributed by atoms with Crippen molar-refractivity contribution < 1.29 is 9.13 Å². The lowest BCUT2D eigenvalue weighted by atomic mass is 10.1. The van der Waals surface area contributed by atoms with E-state index in [4.69, 9.17) is 4.74 Å². The van der Waals surface area contributed by atoms with E-state index in [2.05, 4.69) is 10.1 Å². The van der Waals surface area contributed by atoms with Crippen LogP contribution in [0.1, 0.15) is 0 Å². The van der Waals surface area contributed by atoms with Crippen molar-refractivity contribution in [1.29, 1.82) is 0 Å². The van der Waals surface area contributed by atoms with E-state index in [9.17, 15) is 9.18 Å². The highest BCUT2D eigenvalue weighted by Crippen LogP contribution is 2.27. The maximum absolute atomic E-state index is 14.7. The molecule has 0 amide bonds. The van der Waals surface area contributed by atoms with Gasteiger partial charge in [0.1, 0.15) is 11.5 Å². The summed E-state index contributed by atoms with van der Waals surface area (Å²) >= 11 is 0. The number of ether oxygens (including phenoxy) is 1. The Morgan fingerprint density at radius 2 is 1.89 bits per heavy atom. The molecule has 1 fully saturated rings. The summed E-state index contributed by atoms with van der Waals surface area (Å²) in [5, 5.41) is 5.15. The highest BCUT2D eigenvalue weighted by Gasteiger charge is 2.17. The molecule has 0 saturated carbocycles. The van der Waals surface area contributed by atoms with Crippen LogP contribution in [-0.4, -0.2) is 40.9 Å². The minimum Gasteiger partial charge on any atom is -0.378 e. The number of hydrogen-bond acceptors (Lipinski definition) is 4. The van der Waals surface area contributed by atoms with Crippen molar-refractivity contribution in [2.24, 2.45) is 0 Å². The lowest BCUT2D eigenvalue weighted by Gasteiger charge is -2.29. The van der Waals surface area contributed by atoms with Crippen molar-refractivity contribution in [3.05, 3.63) is 64.7 Å². The number of hydrogen-bond donors (Lipinski definition) is 1. The van der Waals surface area contributed by atoms with E-state index in [1.165, 1.54) is 6.07 Å². The molecule has 0 atom stereocenters. The van der Waals surface area contributed by atoms with Crippen LogP contribution >= 0.6 is 0 Å². The van der Waals surface area contributed by atoms with Gasteiger partial charge in [-0.2, -0.15) is 5.10 Å². The second-order valence-corrected chi connectivity index (χ2v) is 6.56. The van der Waals surface area contributed by atoms with Crippen LogP contribution in [0.15, 0.2) is 53.3 Å². The standard InChI is InChI=1S/C20H17FN4O2/c21-15-11-13(5-6-18(15)24-7-9-27-10-8-24)16-12-19-22-20(26)14-3-1-2-4-17(14)25(19)23-16/h1-6,11-12H,7-10H2,(H,22,26). The number of morpholine rings is 1. The average Bonchev–Trinajstić information content (AvgIpc) is 3.13. The number of fused-ring (bicyclic) bond motifs is 3. The Balaban J connectivity index is 1.60. The number of nitrogens with one attached hydrogen (secondary N) is 1. The summed E-state index contributed by atoms with van der Waals surface area (Å²) in [6.45, 7) is 2.57. The summed E-state index contributed by atoms with van der Waals surface area (Å²) in [6, 6.07) is 14.2. The second-order valence-electron chi connectivity index (χ2n) is 6.56. The zero-order chi connectivity index (χ0) is 18.4. The molecule has 1 aliphatic rings. The molecule has 2 aromatic carbocycles. The van der Waals surface area contributed by atoms with Crippen LogP contribution in [0.5, 0.6) is 0 Å². The Bertz CT molecular complexity index is 1210. The van der Waals surface area contributed by atoms with Gasteiger partial charge in [0.05, 0.1) is 35.5 Å². The first-order valence-corrected chi connectivity index (χ1v) is 8.84. The molecule has 27 heavy (non-hydrogen) atoms. The fourth-order valence-corrected chi connectivity index (χ4v) is 3.56. The van der Waals surface area contributed by atoms with Gasteiger partial charge >= 0.3 is 0 Å². The monoisotopic (exact) mass is 364 g/mol. The van der Waals surface area contributed by atoms with E-state index in [1.807, 2.05) is 29.2 Å². The molecule has 4 aromatic rings. The number of benzene rings is 2. The quantitative estimate of drug-likeness (QED) is 0.594. The van der Waals surface area contributed by atoms with Crippen molar-refractivity contribution in [2.75, 3.05) is 31.2 Å². The van der Waals surface area contributed by atoms with Gasteiger partial charge in [0.15, 0.2) is 0 Å². The van der Waals surface area contributed by atoms with Crippen molar-refractivity contribution in [2.45, 2.75) is 0 Å². The zero-order valence-electron chi connectivity index (χ0n) is 14.5. The molecule has 1 saturated heterocycles. The first-order chi connectivity index (χ1) is 13.2. The third-order valence-electron chi connectivity index (χ3n) is 4.92. The SMILES string of the molecule is O=c1[nH]c2cc(-c3ccc(N4CCOCC4)c(F)c3)nn2c2ccccc12. The van der Waals surface area contributed by atoms with E-state index >= 15 is 0 Å². The number of rotatable bonds is 2. The molecule has 136 valence electrons. The molecule has 0 radical (unpaired) electrons. The maximum atomic E-state index is 14.7. The normalized spacial score (nSPS) is 14.9. The molecule has 0 bridgehead atoms. The number of nitrogens with zero attached hydrogens (tertiary/aromatic N) is 3. The predicted molar refractivity (Wildman–Crippen MR) is 102 cm³/mol. The highest BCUT2D eigenvalue weighted by atomic mass is 19.1. The Morgan fingerprint density at radius 3 is 2.70 bits per heavy atom. The van der Waals surface area contributed by atoms with Gasteiger partial charge < -0.3 is 14.6 Å². The van der Waals surface area contributed by atoms with Gasteiger partial charge in [0.25, 0.3) is 5.56 Å². The van der Waals surface area contributed by atoms with Crippen LogP contribution in [0.3, 0.4) is 0 Å². The lowest BCUT2D eigenvalue weighted by molar-refractivity contribution is 0.122. The van der Waals surface area contributed by atoms with E-state index in [1.54, 1.807) is 22.7 Å². The van der Waals surface area contributed by atoms with Crippen LogP contribution in [0.25, 0.3) is 27.8 Å². The molecule has 0 unspecified atom stereocenters. The van der Waals surface area contributed by atoms with Crippen LogP contribution < -0.4 is 10.5 Å². The van der Waals surface area contributed by atoms with Gasteiger partial charge in [-0.3, -0.25) is 4.79 Å².